The van der Waals surface area contributed by atoms with Crippen molar-refractivity contribution in [2.24, 2.45) is 0 Å². The van der Waals surface area contributed by atoms with E-state index < -0.39 is 0 Å². The van der Waals surface area contributed by atoms with Gasteiger partial charge in [0.15, 0.2) is 5.69 Å². The lowest BCUT2D eigenvalue weighted by Gasteiger charge is -2.32. The van der Waals surface area contributed by atoms with Crippen LogP contribution in [0.4, 0.5) is 10.1 Å². The lowest BCUT2D eigenvalue weighted by molar-refractivity contribution is 0.0594. The summed E-state index contributed by atoms with van der Waals surface area (Å²) < 4.78 is 19.1. The van der Waals surface area contributed by atoms with Gasteiger partial charge in [-0.2, -0.15) is 0 Å². The molecule has 3 heterocycles. The van der Waals surface area contributed by atoms with Crippen LogP contribution >= 0.6 is 0 Å². The Bertz CT molecular complexity index is 1340. The summed E-state index contributed by atoms with van der Waals surface area (Å²) in [5.74, 6) is 0.154. The fourth-order valence-corrected chi connectivity index (χ4v) is 5.15. The van der Waals surface area contributed by atoms with E-state index in [2.05, 4.69) is 20.0 Å². The predicted octanol–water partition coefficient (Wildman–Crippen LogP) is 4.85. The highest BCUT2D eigenvalue weighted by Gasteiger charge is 2.26. The van der Waals surface area contributed by atoms with Gasteiger partial charge in [-0.25, -0.2) is 9.24 Å². The van der Waals surface area contributed by atoms with E-state index >= 15 is 0 Å². The van der Waals surface area contributed by atoms with Crippen LogP contribution in [-0.4, -0.2) is 64.9 Å². The number of likely N-dealkylation sites (tertiary alicyclic amines) is 2. The molecule has 2 aliphatic heterocycles. The Morgan fingerprint density at radius 2 is 1.65 bits per heavy atom. The molecular weight excluding hydrogens is 509 g/mol. The van der Waals surface area contributed by atoms with Crippen molar-refractivity contribution < 1.29 is 18.7 Å². The van der Waals surface area contributed by atoms with Gasteiger partial charge in [0, 0.05) is 57.8 Å². The fraction of sp³-hybridized carbons (Fsp3) is 0.355. The van der Waals surface area contributed by atoms with Gasteiger partial charge in [-0.1, -0.05) is 24.3 Å². The van der Waals surface area contributed by atoms with Crippen molar-refractivity contribution in [3.8, 4) is 5.75 Å². The van der Waals surface area contributed by atoms with Crippen LogP contribution in [0.1, 0.15) is 52.1 Å². The molecule has 0 atom stereocenters. The van der Waals surface area contributed by atoms with Crippen molar-refractivity contribution in [3.63, 3.8) is 0 Å². The number of aromatic nitrogens is 1. The summed E-state index contributed by atoms with van der Waals surface area (Å²) in [5.41, 5.74) is 2.40. The lowest BCUT2D eigenvalue weighted by atomic mass is 10.0. The van der Waals surface area contributed by atoms with Crippen molar-refractivity contribution in [1.29, 1.82) is 0 Å². The third kappa shape index (κ3) is 7.01. The summed E-state index contributed by atoms with van der Waals surface area (Å²) in [7, 11) is 0. The molecule has 0 bridgehead atoms. The first-order valence-corrected chi connectivity index (χ1v) is 13.6. The minimum absolute atomic E-state index is 0.0156. The molecule has 0 spiro atoms. The molecule has 0 unspecified atom stereocenters. The van der Waals surface area contributed by atoms with Crippen molar-refractivity contribution in [2.75, 3.05) is 26.2 Å². The highest BCUT2D eigenvalue weighted by molar-refractivity contribution is 5.96. The number of nitrogens with one attached hydrogen (secondary N) is 1. The first-order valence-electron chi connectivity index (χ1n) is 13.6. The van der Waals surface area contributed by atoms with E-state index in [1.807, 2.05) is 0 Å². The molecule has 40 heavy (non-hydrogen) atoms. The average Bonchev–Trinajstić information content (AvgIpc) is 3.00. The molecule has 2 aromatic carbocycles. The number of pyridine rings is 1. The van der Waals surface area contributed by atoms with Gasteiger partial charge in [0.05, 0.1) is 12.1 Å². The fourth-order valence-electron chi connectivity index (χ4n) is 5.15. The Balaban J connectivity index is 1.05. The average molecular weight is 542 g/mol. The van der Waals surface area contributed by atoms with Gasteiger partial charge in [0.1, 0.15) is 23.4 Å². The van der Waals surface area contributed by atoms with Gasteiger partial charge < -0.3 is 15.0 Å². The number of rotatable bonds is 7. The topological polar surface area (TPSA) is 79.1 Å². The predicted molar refractivity (Wildman–Crippen MR) is 149 cm³/mol. The number of piperidine rings is 2. The monoisotopic (exact) mass is 541 g/mol. The molecule has 2 aliphatic rings. The van der Waals surface area contributed by atoms with E-state index in [9.17, 15) is 14.0 Å². The minimum Gasteiger partial charge on any atom is -0.490 e. The summed E-state index contributed by atoms with van der Waals surface area (Å²) >= 11 is 0. The van der Waals surface area contributed by atoms with Crippen LogP contribution in [0.25, 0.3) is 4.85 Å². The van der Waals surface area contributed by atoms with Gasteiger partial charge in [-0.15, -0.1) is 0 Å². The van der Waals surface area contributed by atoms with E-state index in [0.29, 0.717) is 42.9 Å². The molecule has 2 fully saturated rings. The zero-order valence-electron chi connectivity index (χ0n) is 22.3. The molecule has 1 aromatic heterocycles. The molecule has 3 aromatic rings. The maximum absolute atomic E-state index is 13.1. The van der Waals surface area contributed by atoms with Gasteiger partial charge >= 0.3 is 0 Å². The Morgan fingerprint density at radius 3 is 2.27 bits per heavy atom. The normalized spacial score (nSPS) is 16.8. The summed E-state index contributed by atoms with van der Waals surface area (Å²) in [5, 5.41) is 3.07. The molecule has 8 nitrogen and oxygen atoms in total. The molecule has 0 aliphatic carbocycles. The number of hydrogen-bond acceptors (Lipinski definition) is 5. The van der Waals surface area contributed by atoms with E-state index in [1.54, 1.807) is 53.4 Å². The molecule has 5 rings (SSSR count). The molecule has 9 heteroatoms. The highest BCUT2D eigenvalue weighted by atomic mass is 19.1. The summed E-state index contributed by atoms with van der Waals surface area (Å²) in [6, 6.07) is 17.0. The van der Waals surface area contributed by atoms with Crippen LogP contribution in [-0.2, 0) is 6.54 Å². The number of carbonyl (C=O) groups excluding carboxylic acids is 2. The summed E-state index contributed by atoms with van der Waals surface area (Å²) in [6.45, 7) is 10.6. The number of halogens is 1. The first-order chi connectivity index (χ1) is 19.5. The van der Waals surface area contributed by atoms with E-state index in [-0.39, 0.29) is 29.8 Å². The highest BCUT2D eigenvalue weighted by Crippen LogP contribution is 2.23. The largest absolute Gasteiger partial charge is 0.490 e. The van der Waals surface area contributed by atoms with Crippen LogP contribution in [0.3, 0.4) is 0 Å². The molecule has 2 amide bonds. The molecule has 1 N–H and O–H groups in total. The van der Waals surface area contributed by atoms with Gasteiger partial charge in [0.25, 0.3) is 11.8 Å². The quantitative estimate of drug-likeness (QED) is 0.433. The number of ether oxygens (including phenoxy) is 1. The lowest BCUT2D eigenvalue weighted by Crippen LogP contribution is -2.44. The van der Waals surface area contributed by atoms with Crippen LogP contribution in [0, 0.1) is 12.4 Å². The maximum Gasteiger partial charge on any atom is 0.270 e. The van der Waals surface area contributed by atoms with Crippen LogP contribution in [0.5, 0.6) is 5.75 Å². The number of hydrogen-bond donors (Lipinski definition) is 1. The number of amides is 2. The molecule has 2 saturated heterocycles. The number of benzene rings is 2. The summed E-state index contributed by atoms with van der Waals surface area (Å²) in [4.78, 5) is 37.5. The zero-order chi connectivity index (χ0) is 27.9. The zero-order valence-corrected chi connectivity index (χ0v) is 22.3. The minimum atomic E-state index is -0.238. The van der Waals surface area contributed by atoms with Crippen molar-refractivity contribution in [3.05, 3.63) is 101 Å². The molecule has 0 radical (unpaired) electrons. The van der Waals surface area contributed by atoms with E-state index in [1.165, 1.54) is 18.3 Å². The van der Waals surface area contributed by atoms with Crippen LogP contribution in [0.2, 0.25) is 0 Å². The van der Waals surface area contributed by atoms with E-state index in [4.69, 9.17) is 11.3 Å². The third-order valence-corrected chi connectivity index (χ3v) is 7.48. The smallest absolute Gasteiger partial charge is 0.270 e. The maximum atomic E-state index is 13.1. The Kier molecular flexibility index (Phi) is 8.67. The molecule has 206 valence electrons. The Hall–Kier alpha value is -4.29. The SMILES string of the molecule is [C-]#[N+]c1ccc(OC2CCN(C(=O)c3ccc(C(=O)NC4CCN(Cc5ccc(F)cc5)CC4)nc3)CC2)cc1. The standard InChI is InChI=1S/C31H32FN5O3/c1-33-25-7-9-27(10-8-25)40-28-14-18-37(19-15-28)31(39)23-4-11-29(34-20-23)30(38)35-26-12-16-36(17-13-26)21-22-2-5-24(32)6-3-22/h2-11,20,26,28H,12-19,21H2,(H,35,38). The van der Waals surface area contributed by atoms with Crippen molar-refractivity contribution in [2.45, 2.75) is 44.4 Å². The second-order valence-corrected chi connectivity index (χ2v) is 10.3. The number of nitrogens with zero attached hydrogens (tertiary/aromatic N) is 4. The van der Waals surface area contributed by atoms with Gasteiger partial charge in [-0.05, 0) is 54.8 Å². The second-order valence-electron chi connectivity index (χ2n) is 10.3. The van der Waals surface area contributed by atoms with Crippen molar-refractivity contribution >= 4 is 17.5 Å². The van der Waals surface area contributed by atoms with Gasteiger partial charge in [-0.3, -0.25) is 19.5 Å². The number of carbonyl (C=O) groups is 2. The first kappa shape index (κ1) is 27.3. The third-order valence-electron chi connectivity index (χ3n) is 7.48. The van der Waals surface area contributed by atoms with Crippen LogP contribution < -0.4 is 10.1 Å². The molecule has 0 saturated carbocycles. The Morgan fingerprint density at radius 1 is 0.950 bits per heavy atom. The van der Waals surface area contributed by atoms with Crippen LogP contribution in [0.15, 0.2) is 66.9 Å². The van der Waals surface area contributed by atoms with Crippen molar-refractivity contribution in [1.82, 2.24) is 20.1 Å². The Labute approximate surface area is 233 Å². The summed E-state index contributed by atoms with van der Waals surface area (Å²) in [6.07, 6.45) is 4.58. The van der Waals surface area contributed by atoms with E-state index in [0.717, 1.165) is 43.8 Å². The molecular formula is C31H32FN5O3. The second kappa shape index (κ2) is 12.7. The van der Waals surface area contributed by atoms with Gasteiger partial charge in [0.2, 0.25) is 0 Å².